The van der Waals surface area contributed by atoms with Gasteiger partial charge in [0.05, 0.1) is 24.7 Å². The molecule has 1 saturated carbocycles. The molecule has 2 fully saturated rings. The van der Waals surface area contributed by atoms with Crippen LogP contribution in [0.25, 0.3) is 22.4 Å². The summed E-state index contributed by atoms with van der Waals surface area (Å²) in [6, 6.07) is 28.6. The van der Waals surface area contributed by atoms with E-state index in [0.29, 0.717) is 25.2 Å². The van der Waals surface area contributed by atoms with E-state index in [0.717, 1.165) is 43.5 Å². The van der Waals surface area contributed by atoms with Crippen molar-refractivity contribution in [2.24, 2.45) is 0 Å². The maximum atomic E-state index is 14.5. The summed E-state index contributed by atoms with van der Waals surface area (Å²) in [5.74, 6) is -0.0672. The standard InChI is InChI=1S/C35H40N4O3/c1-42-24-35(41)19-11-10-18-31(35)39-25-37-32(33(39)27-14-6-3-7-15-27)34(40)38-21-20-36-23-29(38)22-28-16-8-9-17-30(28)26-12-4-2-5-13-26/h2-9,12-17,25,29,31,36,41H,10-11,18-24H2,1H3/t29-,31-,35-/m1/s1. The zero-order valence-corrected chi connectivity index (χ0v) is 24.3. The van der Waals surface area contributed by atoms with Gasteiger partial charge in [0.15, 0.2) is 5.69 Å². The first-order valence-corrected chi connectivity index (χ1v) is 15.1. The van der Waals surface area contributed by atoms with Gasteiger partial charge < -0.3 is 24.6 Å². The fourth-order valence-corrected chi connectivity index (χ4v) is 6.85. The topological polar surface area (TPSA) is 79.6 Å². The van der Waals surface area contributed by atoms with Gasteiger partial charge in [-0.15, -0.1) is 0 Å². The molecule has 0 bridgehead atoms. The summed E-state index contributed by atoms with van der Waals surface area (Å²) in [5.41, 5.74) is 4.70. The fraction of sp³-hybridized carbons (Fsp3) is 0.371. The minimum absolute atomic E-state index is 0.0232. The molecule has 218 valence electrons. The second-order valence-corrected chi connectivity index (χ2v) is 11.6. The number of imidazole rings is 1. The lowest BCUT2D eigenvalue weighted by molar-refractivity contribution is -0.0893. The SMILES string of the molecule is COC[C@]1(O)CCCC[C@H]1n1cnc(C(=O)N2CCNC[C@H]2Cc2ccccc2-c2ccccc2)c1-c1ccccc1. The smallest absolute Gasteiger partial charge is 0.275 e. The first-order chi connectivity index (χ1) is 20.6. The summed E-state index contributed by atoms with van der Waals surface area (Å²) < 4.78 is 7.52. The van der Waals surface area contributed by atoms with Crippen LogP contribution in [-0.4, -0.2) is 70.5 Å². The molecule has 6 rings (SSSR count). The maximum Gasteiger partial charge on any atom is 0.275 e. The minimum atomic E-state index is -1.02. The number of carbonyl (C=O) groups is 1. The lowest BCUT2D eigenvalue weighted by Crippen LogP contribution is -2.54. The normalized spacial score (nSPS) is 22.7. The summed E-state index contributed by atoms with van der Waals surface area (Å²) in [7, 11) is 1.63. The quantitative estimate of drug-likeness (QED) is 0.301. The Balaban J connectivity index is 1.36. The number of nitrogens with one attached hydrogen (secondary N) is 1. The number of nitrogens with zero attached hydrogens (tertiary/aromatic N) is 3. The van der Waals surface area contributed by atoms with Gasteiger partial charge in [-0.2, -0.15) is 0 Å². The van der Waals surface area contributed by atoms with Gasteiger partial charge in [-0.3, -0.25) is 4.79 Å². The summed E-state index contributed by atoms with van der Waals surface area (Å²) >= 11 is 0. The number of rotatable bonds is 8. The Kier molecular flexibility index (Phi) is 8.51. The van der Waals surface area contributed by atoms with Crippen LogP contribution in [0.15, 0.2) is 91.3 Å². The molecular weight excluding hydrogens is 524 g/mol. The molecule has 1 aromatic heterocycles. The Morgan fingerprint density at radius 3 is 2.48 bits per heavy atom. The second-order valence-electron chi connectivity index (χ2n) is 11.6. The lowest BCUT2D eigenvalue weighted by atomic mass is 9.80. The third kappa shape index (κ3) is 5.64. The van der Waals surface area contributed by atoms with Crippen LogP contribution in [0.5, 0.6) is 0 Å². The average molecular weight is 565 g/mol. The molecule has 0 radical (unpaired) electrons. The number of aromatic nitrogens is 2. The molecule has 4 aromatic rings. The van der Waals surface area contributed by atoms with Crippen molar-refractivity contribution >= 4 is 5.91 Å². The Bertz CT molecular complexity index is 1480. The van der Waals surface area contributed by atoms with Gasteiger partial charge in [-0.05, 0) is 36.0 Å². The molecule has 1 amide bonds. The monoisotopic (exact) mass is 564 g/mol. The van der Waals surface area contributed by atoms with Crippen LogP contribution in [0.3, 0.4) is 0 Å². The van der Waals surface area contributed by atoms with Crippen molar-refractivity contribution in [3.63, 3.8) is 0 Å². The number of carbonyl (C=O) groups excluding carboxylic acids is 1. The summed E-state index contributed by atoms with van der Waals surface area (Å²) in [4.78, 5) is 21.2. The Labute approximate surface area is 248 Å². The van der Waals surface area contributed by atoms with Crippen LogP contribution in [-0.2, 0) is 11.2 Å². The third-order valence-corrected chi connectivity index (χ3v) is 8.90. The van der Waals surface area contributed by atoms with Crippen molar-refractivity contribution in [3.05, 3.63) is 103 Å². The van der Waals surface area contributed by atoms with E-state index in [4.69, 9.17) is 9.72 Å². The van der Waals surface area contributed by atoms with Gasteiger partial charge in [0.25, 0.3) is 5.91 Å². The highest BCUT2D eigenvalue weighted by molar-refractivity contribution is 5.98. The van der Waals surface area contributed by atoms with Crippen LogP contribution in [0, 0.1) is 0 Å². The predicted octanol–water partition coefficient (Wildman–Crippen LogP) is 5.37. The van der Waals surface area contributed by atoms with Crippen molar-refractivity contribution in [3.8, 4) is 22.4 Å². The maximum absolute atomic E-state index is 14.5. The van der Waals surface area contributed by atoms with E-state index < -0.39 is 5.60 Å². The van der Waals surface area contributed by atoms with E-state index in [1.54, 1.807) is 13.4 Å². The second kappa shape index (κ2) is 12.6. The molecular formula is C35H40N4O3. The molecule has 1 aliphatic carbocycles. The number of aliphatic hydroxyl groups is 1. The third-order valence-electron chi connectivity index (χ3n) is 8.90. The molecule has 2 N–H and O–H groups in total. The molecule has 1 aliphatic heterocycles. The van der Waals surface area contributed by atoms with Crippen molar-refractivity contribution in [1.82, 2.24) is 19.8 Å². The first-order valence-electron chi connectivity index (χ1n) is 15.1. The molecule has 2 aliphatic rings. The van der Waals surface area contributed by atoms with Gasteiger partial charge in [-0.25, -0.2) is 4.98 Å². The van der Waals surface area contributed by atoms with Gasteiger partial charge in [-0.1, -0.05) is 97.8 Å². The largest absolute Gasteiger partial charge is 0.385 e. The van der Waals surface area contributed by atoms with Gasteiger partial charge >= 0.3 is 0 Å². The van der Waals surface area contributed by atoms with E-state index in [2.05, 4.69) is 53.8 Å². The summed E-state index contributed by atoms with van der Waals surface area (Å²) in [5, 5.41) is 15.2. The van der Waals surface area contributed by atoms with Gasteiger partial charge in [0, 0.05) is 38.3 Å². The molecule has 3 atom stereocenters. The molecule has 2 heterocycles. The lowest BCUT2D eigenvalue weighted by Gasteiger charge is -2.41. The zero-order chi connectivity index (χ0) is 28.9. The Morgan fingerprint density at radius 1 is 1.00 bits per heavy atom. The highest BCUT2D eigenvalue weighted by Gasteiger charge is 2.42. The van der Waals surface area contributed by atoms with Crippen molar-refractivity contribution in [2.45, 2.75) is 49.8 Å². The number of piperazine rings is 1. The highest BCUT2D eigenvalue weighted by Crippen LogP contribution is 2.41. The van der Waals surface area contributed by atoms with Crippen molar-refractivity contribution in [1.29, 1.82) is 0 Å². The Hall–Kier alpha value is -3.78. The number of ether oxygens (including phenoxy) is 1. The van der Waals surface area contributed by atoms with E-state index in [1.165, 1.54) is 16.7 Å². The van der Waals surface area contributed by atoms with Crippen LogP contribution >= 0.6 is 0 Å². The van der Waals surface area contributed by atoms with E-state index in [1.807, 2.05) is 45.9 Å². The van der Waals surface area contributed by atoms with E-state index in [-0.39, 0.29) is 24.6 Å². The number of methoxy groups -OCH3 is 1. The van der Waals surface area contributed by atoms with Crippen LogP contribution in [0.1, 0.15) is 47.8 Å². The first kappa shape index (κ1) is 28.3. The van der Waals surface area contributed by atoms with Crippen LogP contribution < -0.4 is 5.32 Å². The summed E-state index contributed by atoms with van der Waals surface area (Å²) in [6.07, 6.45) is 5.91. The van der Waals surface area contributed by atoms with E-state index >= 15 is 0 Å². The molecule has 3 aromatic carbocycles. The minimum Gasteiger partial charge on any atom is -0.385 e. The van der Waals surface area contributed by atoms with Crippen molar-refractivity contribution in [2.75, 3.05) is 33.4 Å². The Morgan fingerprint density at radius 2 is 1.71 bits per heavy atom. The van der Waals surface area contributed by atoms with Crippen LogP contribution in [0.4, 0.5) is 0 Å². The highest BCUT2D eigenvalue weighted by atomic mass is 16.5. The van der Waals surface area contributed by atoms with Crippen LogP contribution in [0.2, 0.25) is 0 Å². The fourth-order valence-electron chi connectivity index (χ4n) is 6.85. The number of benzene rings is 3. The van der Waals surface area contributed by atoms with Crippen molar-refractivity contribution < 1.29 is 14.6 Å². The number of hydrogen-bond acceptors (Lipinski definition) is 5. The number of amides is 1. The van der Waals surface area contributed by atoms with Gasteiger partial charge in [0.1, 0.15) is 5.60 Å². The molecule has 7 nitrogen and oxygen atoms in total. The molecule has 0 unspecified atom stereocenters. The number of hydrogen-bond donors (Lipinski definition) is 2. The zero-order valence-electron chi connectivity index (χ0n) is 24.3. The molecule has 1 saturated heterocycles. The molecule has 0 spiro atoms. The average Bonchev–Trinajstić information content (AvgIpc) is 3.47. The van der Waals surface area contributed by atoms with Gasteiger partial charge in [0.2, 0.25) is 0 Å². The summed E-state index contributed by atoms with van der Waals surface area (Å²) in [6.45, 7) is 2.30. The predicted molar refractivity (Wildman–Crippen MR) is 165 cm³/mol. The molecule has 7 heteroatoms. The molecule has 42 heavy (non-hydrogen) atoms. The van der Waals surface area contributed by atoms with E-state index in [9.17, 15) is 9.90 Å².